The molecule has 6 rings (SSSR count). The summed E-state index contributed by atoms with van der Waals surface area (Å²) >= 11 is 0. The number of amides is 3. The molecule has 1 heterocycles. The number of aromatic hydroxyl groups is 1. The molecule has 0 saturated heterocycles. The van der Waals surface area contributed by atoms with Gasteiger partial charge in [-0.25, -0.2) is 4.79 Å². The van der Waals surface area contributed by atoms with Gasteiger partial charge in [-0.1, -0.05) is 61.5 Å². The van der Waals surface area contributed by atoms with Gasteiger partial charge in [0.2, 0.25) is 5.91 Å². The van der Waals surface area contributed by atoms with Gasteiger partial charge in [-0.2, -0.15) is 0 Å². The number of rotatable bonds is 14. The molecule has 1 aromatic heterocycles. The highest BCUT2D eigenvalue weighted by Gasteiger charge is 2.29. The Morgan fingerprint density at radius 2 is 1.49 bits per heavy atom. The summed E-state index contributed by atoms with van der Waals surface area (Å²) in [7, 11) is 0. The van der Waals surface area contributed by atoms with Crippen molar-refractivity contribution >= 4 is 35.0 Å². The smallest absolute Gasteiger partial charge is 0.407 e. The van der Waals surface area contributed by atoms with E-state index in [-0.39, 0.29) is 60.8 Å². The molecule has 3 amide bonds. The summed E-state index contributed by atoms with van der Waals surface area (Å²) in [4.78, 5) is 62.4. The first-order valence-corrected chi connectivity index (χ1v) is 16.5. The van der Waals surface area contributed by atoms with E-state index in [1.165, 1.54) is 18.2 Å². The van der Waals surface area contributed by atoms with E-state index in [1.54, 1.807) is 19.1 Å². The van der Waals surface area contributed by atoms with Crippen LogP contribution in [0.2, 0.25) is 0 Å². The van der Waals surface area contributed by atoms with Crippen LogP contribution in [0.15, 0.2) is 92.9 Å². The molecule has 13 nitrogen and oxygen atoms in total. The number of fused-ring (bicyclic) bond motifs is 3. The lowest BCUT2D eigenvalue weighted by Gasteiger charge is -2.21. The third-order valence-corrected chi connectivity index (χ3v) is 8.75. The molecular weight excluding hydrogens is 654 g/mol. The summed E-state index contributed by atoms with van der Waals surface area (Å²) in [5.41, 5.74) is 2.88. The minimum absolute atomic E-state index is 0.0173. The number of alkyl carbamates (subject to hydrolysis) is 1. The number of carbonyl (C=O) groups is 3. The number of benzene rings is 3. The van der Waals surface area contributed by atoms with Crippen LogP contribution in [0.4, 0.5) is 21.9 Å². The molecule has 0 aliphatic heterocycles. The van der Waals surface area contributed by atoms with Gasteiger partial charge in [0.25, 0.3) is 16.8 Å². The van der Waals surface area contributed by atoms with Crippen molar-refractivity contribution in [2.45, 2.75) is 32.2 Å². The van der Waals surface area contributed by atoms with Gasteiger partial charge >= 0.3 is 6.09 Å². The maximum Gasteiger partial charge on any atom is 0.407 e. The highest BCUT2D eigenvalue weighted by atomic mass is 16.5. The monoisotopic (exact) mass is 691 g/mol. The zero-order valence-electron chi connectivity index (χ0n) is 28.0. The SMILES string of the molecule is CC[C@@H](Nc1c(Nc2cccc(C(=O)NCCNC(=O)CNC(=O)OCC3c4ccccc4-c4ccccc43)c2O)c(=O)c1=O)c1ccc(C)o1. The Morgan fingerprint density at radius 1 is 0.824 bits per heavy atom. The number of phenolic OH excluding ortho intramolecular Hbond substituents is 1. The van der Waals surface area contributed by atoms with Crippen LogP contribution in [-0.4, -0.2) is 49.3 Å². The summed E-state index contributed by atoms with van der Waals surface area (Å²) in [5.74, 6) is -0.345. The lowest BCUT2D eigenvalue weighted by molar-refractivity contribution is -0.120. The Hall–Kier alpha value is -6.37. The van der Waals surface area contributed by atoms with Crippen LogP contribution < -0.4 is 37.4 Å². The fraction of sp³-hybridized carbons (Fsp3) is 0.237. The second kappa shape index (κ2) is 15.0. The molecule has 51 heavy (non-hydrogen) atoms. The standard InChI is InChI=1S/C38H37N5O8/c1-3-28(30-16-15-21(2)51-30)42-32-33(36(47)35(32)46)43-29-14-8-13-26(34(29)45)37(48)40-18-17-39-31(44)19-41-38(49)50-20-27-24-11-6-4-9-22(24)23-10-5-7-12-25(23)27/h4-16,27-28,42-43,45H,3,17-20H2,1-2H3,(H,39,44)(H,40,48)(H,41,49)/t28-/m1/s1. The maximum atomic E-state index is 12.9. The Labute approximate surface area is 292 Å². The van der Waals surface area contributed by atoms with Crippen LogP contribution >= 0.6 is 0 Å². The van der Waals surface area contributed by atoms with Crippen LogP contribution in [0.1, 0.15) is 58.3 Å². The fourth-order valence-electron chi connectivity index (χ4n) is 6.14. The zero-order chi connectivity index (χ0) is 36.1. The number of aryl methyl sites for hydroxylation is 1. The molecule has 262 valence electrons. The fourth-order valence-corrected chi connectivity index (χ4v) is 6.14. The van der Waals surface area contributed by atoms with Gasteiger partial charge in [0.15, 0.2) is 5.75 Å². The molecule has 0 radical (unpaired) electrons. The van der Waals surface area contributed by atoms with Gasteiger partial charge in [-0.3, -0.25) is 19.2 Å². The van der Waals surface area contributed by atoms with Gasteiger partial charge in [0, 0.05) is 19.0 Å². The summed E-state index contributed by atoms with van der Waals surface area (Å²) < 4.78 is 11.1. The first kappa shape index (κ1) is 34.5. The van der Waals surface area contributed by atoms with E-state index >= 15 is 0 Å². The topological polar surface area (TPSA) is 188 Å². The van der Waals surface area contributed by atoms with E-state index in [9.17, 15) is 29.1 Å². The second-order valence-corrected chi connectivity index (χ2v) is 12.1. The number of anilines is 3. The van der Waals surface area contributed by atoms with E-state index in [0.717, 1.165) is 22.3 Å². The molecule has 0 bridgehead atoms. The number of hydrogen-bond donors (Lipinski definition) is 6. The molecule has 0 spiro atoms. The average molecular weight is 692 g/mol. The molecule has 5 aromatic rings. The van der Waals surface area contributed by atoms with Crippen LogP contribution in [-0.2, 0) is 9.53 Å². The van der Waals surface area contributed by atoms with E-state index in [1.807, 2.05) is 55.5 Å². The summed E-state index contributed by atoms with van der Waals surface area (Å²) in [5, 5.41) is 24.3. The largest absolute Gasteiger partial charge is 0.505 e. The Balaban J connectivity index is 0.949. The number of hydrogen-bond acceptors (Lipinski definition) is 10. The highest BCUT2D eigenvalue weighted by Crippen LogP contribution is 2.44. The van der Waals surface area contributed by atoms with E-state index in [0.29, 0.717) is 17.9 Å². The summed E-state index contributed by atoms with van der Waals surface area (Å²) in [6.45, 7) is 3.56. The number of furan rings is 1. The van der Waals surface area contributed by atoms with Crippen molar-refractivity contribution in [1.82, 2.24) is 16.0 Å². The molecule has 13 heteroatoms. The average Bonchev–Trinajstić information content (AvgIpc) is 3.72. The number of ether oxygens (including phenoxy) is 1. The lowest BCUT2D eigenvalue weighted by Crippen LogP contribution is -2.40. The van der Waals surface area contributed by atoms with Gasteiger partial charge in [-0.05, 0) is 59.9 Å². The zero-order valence-corrected chi connectivity index (χ0v) is 28.0. The van der Waals surface area contributed by atoms with Crippen molar-refractivity contribution in [3.63, 3.8) is 0 Å². The first-order valence-electron chi connectivity index (χ1n) is 16.5. The minimum atomic E-state index is -0.763. The van der Waals surface area contributed by atoms with E-state index < -0.39 is 34.5 Å². The Bertz CT molecular complexity index is 2120. The quantitative estimate of drug-likeness (QED) is 0.0547. The van der Waals surface area contributed by atoms with Crippen molar-refractivity contribution in [2.24, 2.45) is 0 Å². The number of carbonyl (C=O) groups excluding carboxylic acids is 3. The predicted octanol–water partition coefficient (Wildman–Crippen LogP) is 4.58. The normalized spacial score (nSPS) is 12.4. The van der Waals surface area contributed by atoms with E-state index in [2.05, 4.69) is 26.6 Å². The highest BCUT2D eigenvalue weighted by molar-refractivity contribution is 5.99. The van der Waals surface area contributed by atoms with Gasteiger partial charge in [0.1, 0.15) is 29.5 Å². The van der Waals surface area contributed by atoms with Crippen molar-refractivity contribution in [3.8, 4) is 16.9 Å². The first-order chi connectivity index (χ1) is 24.7. The minimum Gasteiger partial charge on any atom is -0.505 e. The predicted molar refractivity (Wildman–Crippen MR) is 191 cm³/mol. The molecule has 0 unspecified atom stereocenters. The van der Waals surface area contributed by atoms with Crippen molar-refractivity contribution in [1.29, 1.82) is 0 Å². The Morgan fingerprint density at radius 3 is 2.16 bits per heavy atom. The summed E-state index contributed by atoms with van der Waals surface area (Å²) in [6.07, 6.45) is -0.157. The van der Waals surface area contributed by atoms with Gasteiger partial charge in [-0.15, -0.1) is 0 Å². The third kappa shape index (κ3) is 7.32. The van der Waals surface area contributed by atoms with Crippen LogP contribution in [0.5, 0.6) is 5.75 Å². The molecule has 1 atom stereocenters. The van der Waals surface area contributed by atoms with Crippen molar-refractivity contribution in [3.05, 3.63) is 128 Å². The maximum absolute atomic E-state index is 12.9. The molecule has 1 aliphatic rings. The summed E-state index contributed by atoms with van der Waals surface area (Å²) in [6, 6.07) is 23.5. The molecule has 6 N–H and O–H groups in total. The number of para-hydroxylation sites is 1. The lowest BCUT2D eigenvalue weighted by atomic mass is 9.98. The number of nitrogens with one attached hydrogen (secondary N) is 5. The second-order valence-electron chi connectivity index (χ2n) is 12.1. The molecule has 0 saturated carbocycles. The molecule has 4 aromatic carbocycles. The third-order valence-electron chi connectivity index (χ3n) is 8.75. The van der Waals surface area contributed by atoms with Gasteiger partial charge < -0.3 is 40.8 Å². The van der Waals surface area contributed by atoms with Crippen molar-refractivity contribution < 1.29 is 28.6 Å². The molecule has 1 aliphatic carbocycles. The molecular formula is C38H37N5O8. The molecule has 0 fully saturated rings. The van der Waals surface area contributed by atoms with Crippen LogP contribution in [0.3, 0.4) is 0 Å². The number of phenols is 1. The van der Waals surface area contributed by atoms with Crippen LogP contribution in [0.25, 0.3) is 11.1 Å². The van der Waals surface area contributed by atoms with Crippen LogP contribution in [0, 0.1) is 6.92 Å². The van der Waals surface area contributed by atoms with Crippen molar-refractivity contribution in [2.75, 3.05) is 36.9 Å². The van der Waals surface area contributed by atoms with E-state index in [4.69, 9.17) is 9.15 Å². The Kier molecular flexibility index (Phi) is 10.2. The van der Waals surface area contributed by atoms with Gasteiger partial charge in [0.05, 0.1) is 23.8 Å².